The molecular formula is C19H19N3O3. The van der Waals surface area contributed by atoms with Crippen LogP contribution in [0.2, 0.25) is 0 Å². The maximum absolute atomic E-state index is 12.2. The largest absolute Gasteiger partial charge is 0.494 e. The summed E-state index contributed by atoms with van der Waals surface area (Å²) in [5.74, 6) is 1.18. The first kappa shape index (κ1) is 16.7. The van der Waals surface area contributed by atoms with E-state index in [2.05, 4.69) is 15.5 Å². The van der Waals surface area contributed by atoms with Gasteiger partial charge in [0.05, 0.1) is 6.61 Å². The number of carbonyl (C=O) groups excluding carboxylic acids is 1. The number of para-hydroxylation sites is 1. The highest BCUT2D eigenvalue weighted by Gasteiger charge is 2.09. The SMILES string of the molecule is Cc1ccc(-c2nnco2)cc1NC(=O)CCCOc1ccccc1. The topological polar surface area (TPSA) is 77.3 Å². The molecule has 0 aliphatic rings. The Morgan fingerprint density at radius 1 is 1.20 bits per heavy atom. The highest BCUT2D eigenvalue weighted by atomic mass is 16.5. The molecule has 0 spiro atoms. The van der Waals surface area contributed by atoms with Gasteiger partial charge >= 0.3 is 0 Å². The van der Waals surface area contributed by atoms with Crippen LogP contribution in [0.5, 0.6) is 5.75 Å². The van der Waals surface area contributed by atoms with E-state index in [1.165, 1.54) is 6.39 Å². The molecule has 128 valence electrons. The normalized spacial score (nSPS) is 10.4. The third-order valence-corrected chi connectivity index (χ3v) is 3.68. The standard InChI is InChI=1S/C19H19N3O3/c1-14-9-10-15(19-22-20-13-25-19)12-17(14)21-18(23)8-5-11-24-16-6-3-2-4-7-16/h2-4,6-7,9-10,12-13H,5,8,11H2,1H3,(H,21,23). The van der Waals surface area contributed by atoms with Gasteiger partial charge in [0, 0.05) is 17.7 Å². The van der Waals surface area contributed by atoms with Gasteiger partial charge in [0.2, 0.25) is 18.2 Å². The van der Waals surface area contributed by atoms with Gasteiger partial charge in [-0.15, -0.1) is 10.2 Å². The summed E-state index contributed by atoms with van der Waals surface area (Å²) in [5.41, 5.74) is 2.48. The summed E-state index contributed by atoms with van der Waals surface area (Å²) >= 11 is 0. The molecular weight excluding hydrogens is 318 g/mol. The summed E-state index contributed by atoms with van der Waals surface area (Å²) in [6.45, 7) is 2.43. The number of anilines is 1. The lowest BCUT2D eigenvalue weighted by Crippen LogP contribution is -2.13. The lowest BCUT2D eigenvalue weighted by Gasteiger charge is -2.10. The minimum absolute atomic E-state index is 0.0533. The van der Waals surface area contributed by atoms with Crippen LogP contribution < -0.4 is 10.1 Å². The first-order valence-electron chi connectivity index (χ1n) is 8.07. The van der Waals surface area contributed by atoms with Crippen LogP contribution in [0.15, 0.2) is 59.3 Å². The van der Waals surface area contributed by atoms with Crippen LogP contribution in [0.4, 0.5) is 5.69 Å². The number of carbonyl (C=O) groups is 1. The van der Waals surface area contributed by atoms with Crippen LogP contribution in [-0.2, 0) is 4.79 Å². The summed E-state index contributed by atoms with van der Waals surface area (Å²) in [6, 6.07) is 15.2. The van der Waals surface area contributed by atoms with Gasteiger partial charge in [-0.1, -0.05) is 24.3 Å². The van der Waals surface area contributed by atoms with E-state index >= 15 is 0 Å². The number of hydrogen-bond donors (Lipinski definition) is 1. The van der Waals surface area contributed by atoms with Crippen LogP contribution in [0.25, 0.3) is 11.5 Å². The zero-order valence-electron chi connectivity index (χ0n) is 13.9. The molecule has 0 saturated heterocycles. The Labute approximate surface area is 145 Å². The molecule has 0 radical (unpaired) electrons. The molecule has 0 unspecified atom stereocenters. The van der Waals surface area contributed by atoms with Gasteiger partial charge in [0.1, 0.15) is 5.75 Å². The molecule has 1 heterocycles. The predicted octanol–water partition coefficient (Wildman–Crippen LogP) is 3.84. The van der Waals surface area contributed by atoms with Gasteiger partial charge < -0.3 is 14.5 Å². The average molecular weight is 337 g/mol. The summed E-state index contributed by atoms with van der Waals surface area (Å²) < 4.78 is 10.8. The quantitative estimate of drug-likeness (QED) is 0.663. The number of nitrogens with one attached hydrogen (secondary N) is 1. The highest BCUT2D eigenvalue weighted by molar-refractivity contribution is 5.92. The fraction of sp³-hybridized carbons (Fsp3) is 0.211. The Bertz CT molecular complexity index is 817. The van der Waals surface area contributed by atoms with Gasteiger partial charge in [-0.3, -0.25) is 4.79 Å². The van der Waals surface area contributed by atoms with Crippen molar-refractivity contribution in [3.05, 3.63) is 60.5 Å². The van der Waals surface area contributed by atoms with Crippen molar-refractivity contribution in [2.75, 3.05) is 11.9 Å². The zero-order valence-corrected chi connectivity index (χ0v) is 13.9. The molecule has 2 aromatic carbocycles. The monoisotopic (exact) mass is 337 g/mol. The van der Waals surface area contributed by atoms with Gasteiger partial charge in [0.25, 0.3) is 0 Å². The second-order valence-corrected chi connectivity index (χ2v) is 5.59. The minimum atomic E-state index is -0.0533. The van der Waals surface area contributed by atoms with E-state index in [0.717, 1.165) is 22.6 Å². The fourth-order valence-corrected chi connectivity index (χ4v) is 2.34. The molecule has 1 N–H and O–H groups in total. The van der Waals surface area contributed by atoms with Crippen LogP contribution >= 0.6 is 0 Å². The molecule has 0 saturated carbocycles. The molecule has 0 bridgehead atoms. The third-order valence-electron chi connectivity index (χ3n) is 3.68. The number of rotatable bonds is 7. The molecule has 1 amide bonds. The van der Waals surface area contributed by atoms with E-state index in [1.807, 2.05) is 55.5 Å². The second kappa shape index (κ2) is 8.10. The summed E-state index contributed by atoms with van der Waals surface area (Å²) in [4.78, 5) is 12.2. The number of amides is 1. The van der Waals surface area contributed by atoms with Gasteiger partial charge in [-0.05, 0) is 43.2 Å². The Morgan fingerprint density at radius 2 is 2.04 bits per heavy atom. The van der Waals surface area contributed by atoms with Gasteiger partial charge in [-0.25, -0.2) is 0 Å². The van der Waals surface area contributed by atoms with Crippen molar-refractivity contribution in [1.29, 1.82) is 0 Å². The second-order valence-electron chi connectivity index (χ2n) is 5.59. The van der Waals surface area contributed by atoms with E-state index < -0.39 is 0 Å². The number of aryl methyl sites for hydroxylation is 1. The summed E-state index contributed by atoms with van der Waals surface area (Å²) in [7, 11) is 0. The number of ether oxygens (including phenoxy) is 1. The van der Waals surface area contributed by atoms with E-state index in [9.17, 15) is 4.79 Å². The molecule has 25 heavy (non-hydrogen) atoms. The molecule has 0 fully saturated rings. The van der Waals surface area contributed by atoms with E-state index in [-0.39, 0.29) is 5.91 Å². The van der Waals surface area contributed by atoms with E-state index in [4.69, 9.17) is 9.15 Å². The van der Waals surface area contributed by atoms with Crippen LogP contribution in [0.1, 0.15) is 18.4 Å². The smallest absolute Gasteiger partial charge is 0.247 e. The molecule has 3 aromatic rings. The predicted molar refractivity (Wildman–Crippen MR) is 94.3 cm³/mol. The van der Waals surface area contributed by atoms with Crippen molar-refractivity contribution >= 4 is 11.6 Å². The number of hydrogen-bond acceptors (Lipinski definition) is 5. The lowest BCUT2D eigenvalue weighted by molar-refractivity contribution is -0.116. The maximum atomic E-state index is 12.2. The Morgan fingerprint density at radius 3 is 2.80 bits per heavy atom. The fourth-order valence-electron chi connectivity index (χ4n) is 2.34. The van der Waals surface area contributed by atoms with Gasteiger partial charge in [-0.2, -0.15) is 0 Å². The van der Waals surface area contributed by atoms with Crippen LogP contribution in [-0.4, -0.2) is 22.7 Å². The minimum Gasteiger partial charge on any atom is -0.494 e. The molecule has 6 heteroatoms. The summed E-state index contributed by atoms with van der Waals surface area (Å²) in [5, 5.41) is 10.5. The van der Waals surface area contributed by atoms with Crippen LogP contribution in [0.3, 0.4) is 0 Å². The maximum Gasteiger partial charge on any atom is 0.247 e. The van der Waals surface area contributed by atoms with Crippen molar-refractivity contribution in [3.63, 3.8) is 0 Å². The van der Waals surface area contributed by atoms with Crippen molar-refractivity contribution in [1.82, 2.24) is 10.2 Å². The molecule has 0 atom stereocenters. The first-order valence-corrected chi connectivity index (χ1v) is 8.07. The van der Waals surface area contributed by atoms with Gasteiger partial charge in [0.15, 0.2) is 0 Å². The lowest BCUT2D eigenvalue weighted by atomic mass is 10.1. The van der Waals surface area contributed by atoms with E-state index in [0.29, 0.717) is 25.3 Å². The first-order chi connectivity index (χ1) is 12.2. The zero-order chi connectivity index (χ0) is 17.5. The Hall–Kier alpha value is -3.15. The van der Waals surface area contributed by atoms with Crippen LogP contribution in [0, 0.1) is 6.92 Å². The van der Waals surface area contributed by atoms with Crippen molar-refractivity contribution in [2.24, 2.45) is 0 Å². The number of aromatic nitrogens is 2. The van der Waals surface area contributed by atoms with Crippen molar-refractivity contribution in [2.45, 2.75) is 19.8 Å². The van der Waals surface area contributed by atoms with Crippen molar-refractivity contribution < 1.29 is 13.9 Å². The number of nitrogens with zero attached hydrogens (tertiary/aromatic N) is 2. The molecule has 1 aromatic heterocycles. The summed E-state index contributed by atoms with van der Waals surface area (Å²) in [6.07, 6.45) is 2.31. The van der Waals surface area contributed by atoms with E-state index in [1.54, 1.807) is 0 Å². The molecule has 6 nitrogen and oxygen atoms in total. The Balaban J connectivity index is 1.51. The highest BCUT2D eigenvalue weighted by Crippen LogP contribution is 2.24. The molecule has 3 rings (SSSR count). The molecule has 0 aliphatic heterocycles. The third kappa shape index (κ3) is 4.67. The number of benzene rings is 2. The average Bonchev–Trinajstić information content (AvgIpc) is 3.16. The van der Waals surface area contributed by atoms with Crippen molar-refractivity contribution in [3.8, 4) is 17.2 Å². The Kier molecular flexibility index (Phi) is 5.41. The molecule has 0 aliphatic carbocycles.